The molecular weight excluding hydrogens is 263 g/mol. The Bertz CT molecular complexity index is 648. The minimum absolute atomic E-state index is 0.225. The Labute approximate surface area is 114 Å². The fourth-order valence-corrected chi connectivity index (χ4v) is 2.44. The first-order chi connectivity index (χ1) is 9.65. The van der Waals surface area contributed by atoms with Gasteiger partial charge in [-0.05, 0) is 31.0 Å². The fraction of sp³-hybridized carbons (Fsp3) is 0.286. The molecule has 104 valence electrons. The number of hydrogen-bond acceptors (Lipinski definition) is 4. The third-order valence-electron chi connectivity index (χ3n) is 3.40. The zero-order chi connectivity index (χ0) is 14.1. The number of carbonyl (C=O) groups is 1. The molecule has 0 saturated carbocycles. The molecule has 1 aromatic carbocycles. The summed E-state index contributed by atoms with van der Waals surface area (Å²) in [5.74, 6) is -1.72. The van der Waals surface area contributed by atoms with Gasteiger partial charge in [0.05, 0.1) is 0 Å². The predicted molar refractivity (Wildman–Crippen MR) is 70.3 cm³/mol. The van der Waals surface area contributed by atoms with Crippen LogP contribution in [0.3, 0.4) is 0 Å². The highest BCUT2D eigenvalue weighted by Gasteiger charge is 2.20. The van der Waals surface area contributed by atoms with Gasteiger partial charge in [-0.3, -0.25) is 0 Å². The number of aromatic carboxylic acids is 1. The van der Waals surface area contributed by atoms with Gasteiger partial charge < -0.3 is 14.5 Å². The van der Waals surface area contributed by atoms with E-state index in [0.717, 1.165) is 31.6 Å². The van der Waals surface area contributed by atoms with Gasteiger partial charge in [0.1, 0.15) is 11.5 Å². The van der Waals surface area contributed by atoms with Crippen LogP contribution in [-0.4, -0.2) is 29.3 Å². The molecule has 1 aliphatic rings. The Morgan fingerprint density at radius 2 is 2.05 bits per heavy atom. The molecule has 0 unspecified atom stereocenters. The third-order valence-corrected chi connectivity index (χ3v) is 3.40. The van der Waals surface area contributed by atoms with Gasteiger partial charge in [0.2, 0.25) is 5.76 Å². The molecule has 6 heteroatoms. The van der Waals surface area contributed by atoms with Gasteiger partial charge in [0, 0.05) is 30.4 Å². The molecule has 20 heavy (non-hydrogen) atoms. The molecular formula is C14H13FN2O3. The van der Waals surface area contributed by atoms with Gasteiger partial charge in [-0.1, -0.05) is 5.16 Å². The van der Waals surface area contributed by atoms with Gasteiger partial charge in [-0.2, -0.15) is 0 Å². The first-order valence-electron chi connectivity index (χ1n) is 6.40. The topological polar surface area (TPSA) is 66.6 Å². The van der Waals surface area contributed by atoms with Crippen LogP contribution < -0.4 is 4.90 Å². The lowest BCUT2D eigenvalue weighted by Gasteiger charge is -2.20. The summed E-state index contributed by atoms with van der Waals surface area (Å²) in [6.07, 6.45) is 2.13. The SMILES string of the molecule is O=C(O)c1cc(-c2ccc(F)cc2N2CCCC2)no1. The van der Waals surface area contributed by atoms with E-state index in [1.54, 1.807) is 6.07 Å². The van der Waals surface area contributed by atoms with Gasteiger partial charge >= 0.3 is 5.97 Å². The number of aromatic nitrogens is 1. The first kappa shape index (κ1) is 12.7. The van der Waals surface area contributed by atoms with E-state index in [0.29, 0.717) is 11.3 Å². The highest BCUT2D eigenvalue weighted by molar-refractivity contribution is 5.87. The van der Waals surface area contributed by atoms with Crippen LogP contribution in [0.5, 0.6) is 0 Å². The lowest BCUT2D eigenvalue weighted by Crippen LogP contribution is -2.18. The summed E-state index contributed by atoms with van der Waals surface area (Å²) < 4.78 is 18.3. The van der Waals surface area contributed by atoms with Crippen LogP contribution >= 0.6 is 0 Å². The number of anilines is 1. The van der Waals surface area contributed by atoms with Crippen molar-refractivity contribution in [2.24, 2.45) is 0 Å². The van der Waals surface area contributed by atoms with Gasteiger partial charge in [0.15, 0.2) is 0 Å². The number of carboxylic acids is 1. The Balaban J connectivity index is 2.05. The summed E-state index contributed by atoms with van der Waals surface area (Å²) in [5, 5.41) is 12.6. The van der Waals surface area contributed by atoms with Gasteiger partial charge in [-0.25, -0.2) is 9.18 Å². The minimum Gasteiger partial charge on any atom is -0.475 e. The highest BCUT2D eigenvalue weighted by atomic mass is 19.1. The van der Waals surface area contributed by atoms with Gasteiger partial charge in [0.25, 0.3) is 0 Å². The van der Waals surface area contributed by atoms with Crippen molar-refractivity contribution in [3.05, 3.63) is 35.8 Å². The van der Waals surface area contributed by atoms with Crippen LogP contribution in [0.15, 0.2) is 28.8 Å². The lowest BCUT2D eigenvalue weighted by atomic mass is 10.1. The van der Waals surface area contributed by atoms with E-state index in [1.165, 1.54) is 18.2 Å². The Hall–Kier alpha value is -2.37. The number of halogens is 1. The lowest BCUT2D eigenvalue weighted by molar-refractivity contribution is 0.0652. The Morgan fingerprint density at radius 1 is 1.30 bits per heavy atom. The maximum atomic E-state index is 13.5. The van der Waals surface area contributed by atoms with E-state index in [2.05, 4.69) is 10.1 Å². The molecule has 1 saturated heterocycles. The zero-order valence-corrected chi connectivity index (χ0v) is 10.7. The second-order valence-electron chi connectivity index (χ2n) is 4.74. The van der Waals surface area contributed by atoms with E-state index < -0.39 is 5.97 Å². The monoisotopic (exact) mass is 276 g/mol. The molecule has 0 aliphatic carbocycles. The van der Waals surface area contributed by atoms with Crippen molar-refractivity contribution in [2.45, 2.75) is 12.8 Å². The van der Waals surface area contributed by atoms with Crippen molar-refractivity contribution in [1.29, 1.82) is 0 Å². The Morgan fingerprint density at radius 3 is 2.70 bits per heavy atom. The average Bonchev–Trinajstić information content (AvgIpc) is 3.10. The van der Waals surface area contributed by atoms with Crippen molar-refractivity contribution >= 4 is 11.7 Å². The van der Waals surface area contributed by atoms with Crippen molar-refractivity contribution in [3.63, 3.8) is 0 Å². The second-order valence-corrected chi connectivity index (χ2v) is 4.74. The summed E-state index contributed by atoms with van der Waals surface area (Å²) >= 11 is 0. The molecule has 1 N–H and O–H groups in total. The molecule has 1 aromatic heterocycles. The van der Waals surface area contributed by atoms with E-state index >= 15 is 0 Å². The summed E-state index contributed by atoms with van der Waals surface area (Å²) in [4.78, 5) is 12.9. The van der Waals surface area contributed by atoms with E-state index in [9.17, 15) is 9.18 Å². The molecule has 0 spiro atoms. The van der Waals surface area contributed by atoms with Crippen molar-refractivity contribution < 1.29 is 18.8 Å². The maximum Gasteiger partial charge on any atom is 0.374 e. The van der Waals surface area contributed by atoms with Crippen LogP contribution in [0, 0.1) is 5.82 Å². The van der Waals surface area contributed by atoms with Crippen LogP contribution in [0.4, 0.5) is 10.1 Å². The number of nitrogens with zero attached hydrogens (tertiary/aromatic N) is 2. The predicted octanol–water partition coefficient (Wildman–Crippen LogP) is 2.78. The maximum absolute atomic E-state index is 13.5. The molecule has 5 nitrogen and oxygen atoms in total. The number of benzene rings is 1. The molecule has 0 radical (unpaired) electrons. The van der Waals surface area contributed by atoms with Crippen LogP contribution in [0.25, 0.3) is 11.3 Å². The standard InChI is InChI=1S/C14H13FN2O3/c15-9-3-4-10(11-8-13(14(18)19)20-16-11)12(7-9)17-5-1-2-6-17/h3-4,7-8H,1-2,5-6H2,(H,18,19). The Kier molecular flexibility index (Phi) is 3.14. The number of rotatable bonds is 3. The molecule has 2 heterocycles. The summed E-state index contributed by atoms with van der Waals surface area (Å²) in [6.45, 7) is 1.72. The van der Waals surface area contributed by atoms with Gasteiger partial charge in [-0.15, -0.1) is 0 Å². The summed E-state index contributed by atoms with van der Waals surface area (Å²) in [5.41, 5.74) is 1.82. The normalized spacial score (nSPS) is 14.8. The quantitative estimate of drug-likeness (QED) is 0.933. The van der Waals surface area contributed by atoms with Crippen LogP contribution in [-0.2, 0) is 0 Å². The van der Waals surface area contributed by atoms with Crippen molar-refractivity contribution in [3.8, 4) is 11.3 Å². The highest BCUT2D eigenvalue weighted by Crippen LogP contribution is 2.33. The molecule has 0 atom stereocenters. The van der Waals surface area contributed by atoms with Crippen molar-refractivity contribution in [1.82, 2.24) is 5.16 Å². The molecule has 0 amide bonds. The van der Waals surface area contributed by atoms with E-state index in [1.807, 2.05) is 0 Å². The average molecular weight is 276 g/mol. The molecule has 1 aliphatic heterocycles. The number of hydrogen-bond donors (Lipinski definition) is 1. The molecule has 2 aromatic rings. The van der Waals surface area contributed by atoms with E-state index in [-0.39, 0.29) is 11.6 Å². The smallest absolute Gasteiger partial charge is 0.374 e. The third kappa shape index (κ3) is 2.24. The summed E-state index contributed by atoms with van der Waals surface area (Å²) in [6, 6.07) is 5.75. The van der Waals surface area contributed by atoms with Crippen molar-refractivity contribution in [2.75, 3.05) is 18.0 Å². The summed E-state index contributed by atoms with van der Waals surface area (Å²) in [7, 11) is 0. The first-order valence-corrected chi connectivity index (χ1v) is 6.40. The molecule has 3 rings (SSSR count). The van der Waals surface area contributed by atoms with Crippen LogP contribution in [0.1, 0.15) is 23.4 Å². The second kappa shape index (κ2) is 4.96. The molecule has 1 fully saturated rings. The molecule has 0 bridgehead atoms. The minimum atomic E-state index is -1.17. The fourth-order valence-electron chi connectivity index (χ4n) is 2.44. The number of carboxylic acid groups (broad SMARTS) is 1. The van der Waals surface area contributed by atoms with E-state index in [4.69, 9.17) is 9.63 Å². The van der Waals surface area contributed by atoms with Crippen LogP contribution in [0.2, 0.25) is 0 Å². The zero-order valence-electron chi connectivity index (χ0n) is 10.7. The largest absolute Gasteiger partial charge is 0.475 e.